The van der Waals surface area contributed by atoms with Crippen LogP contribution in [0, 0.1) is 0 Å². The van der Waals surface area contributed by atoms with Crippen LogP contribution in [0.3, 0.4) is 0 Å². The van der Waals surface area contributed by atoms with Gasteiger partial charge in [0.1, 0.15) is 0 Å². The van der Waals surface area contributed by atoms with Crippen LogP contribution in [-0.2, 0) is 28.3 Å². The molecular weight excluding hydrogens is 517 g/mol. The average molecular weight is 532 g/mol. The summed E-state index contributed by atoms with van der Waals surface area (Å²) in [5, 5.41) is 3.40. The van der Waals surface area contributed by atoms with Crippen molar-refractivity contribution >= 4 is 38.2 Å². The third kappa shape index (κ3) is 6.57. The molecule has 125 valence electrons. The molecule has 8 heteroatoms. The molecule has 0 amide bonds. The van der Waals surface area contributed by atoms with Gasteiger partial charge in [0, 0.05) is 17.5 Å². The molecule has 1 aromatic carbocycles. The zero-order valence-electron chi connectivity index (χ0n) is 12.1. The van der Waals surface area contributed by atoms with Crippen LogP contribution in [0.4, 0.5) is 5.69 Å². The van der Waals surface area contributed by atoms with E-state index in [1.54, 1.807) is 37.0 Å². The molecule has 0 saturated heterocycles. The summed E-state index contributed by atoms with van der Waals surface area (Å²) in [6.07, 6.45) is 6.58. The van der Waals surface area contributed by atoms with E-state index >= 15 is 0 Å². The Morgan fingerprint density at radius 2 is 2.00 bits per heavy atom. The number of halogens is 1. The summed E-state index contributed by atoms with van der Waals surface area (Å²) < 4.78 is 4.97. The van der Waals surface area contributed by atoms with Crippen LogP contribution < -0.4 is 16.2 Å². The summed E-state index contributed by atoms with van der Waals surface area (Å²) in [5.74, 6) is 0.117. The number of hydrazine groups is 1. The van der Waals surface area contributed by atoms with Gasteiger partial charge in [-0.1, -0.05) is 24.3 Å². The fourth-order valence-electron chi connectivity index (χ4n) is 1.67. The molecule has 0 aromatic heterocycles. The first-order chi connectivity index (χ1) is 11.2. The van der Waals surface area contributed by atoms with E-state index in [9.17, 15) is 4.79 Å². The van der Waals surface area contributed by atoms with Gasteiger partial charge in [-0.05, 0) is 36.5 Å². The number of hydrogen-bond acceptors (Lipinski definition) is 4. The third-order valence-corrected chi connectivity index (χ3v) is 2.88. The predicted octanol–water partition coefficient (Wildman–Crippen LogP) is 2.72. The summed E-state index contributed by atoms with van der Waals surface area (Å²) in [6, 6.07) is 9.53. The van der Waals surface area contributed by atoms with Gasteiger partial charge in [0.15, 0.2) is 10.9 Å². The van der Waals surface area contributed by atoms with Crippen molar-refractivity contribution in [2.45, 2.75) is 0 Å². The Balaban J connectivity index is 0.00000127. The monoisotopic (exact) mass is 531 g/mol. The summed E-state index contributed by atoms with van der Waals surface area (Å²) in [5.41, 5.74) is 6.91. The number of carbonyl (C=O) groups excluding carboxylic acids is 1. The van der Waals surface area contributed by atoms with Crippen LogP contribution in [0.5, 0.6) is 0 Å². The number of para-hydroxylation sites is 1. The zero-order valence-corrected chi connectivity index (χ0v) is 16.0. The summed E-state index contributed by atoms with van der Waals surface area (Å²) in [7, 11) is 6.07. The number of ether oxygens (including phenoxy) is 1. The van der Waals surface area contributed by atoms with Crippen LogP contribution in [0.15, 0.2) is 66.1 Å². The van der Waals surface area contributed by atoms with Crippen LogP contribution in [-0.4, -0.2) is 18.0 Å². The van der Waals surface area contributed by atoms with Crippen LogP contribution in [0.1, 0.15) is 0 Å². The summed E-state index contributed by atoms with van der Waals surface area (Å²) in [4.78, 5) is 11.9. The minimum atomic E-state index is -0.184. The first-order valence-electron chi connectivity index (χ1n) is 6.37. The number of carbonyl (C=O) groups is 1. The van der Waals surface area contributed by atoms with Gasteiger partial charge in [-0.15, -0.1) is 0 Å². The van der Waals surface area contributed by atoms with Crippen LogP contribution in [0.25, 0.3) is 0 Å². The molecule has 0 spiro atoms. The second-order valence-electron chi connectivity index (χ2n) is 4.11. The number of anilines is 1. The first kappa shape index (κ1) is 19.4. The maximum absolute atomic E-state index is 11.9. The first-order valence-corrected chi connectivity index (χ1v) is 9.60. The molecule has 0 fully saturated rings. The molecule has 0 bridgehead atoms. The van der Waals surface area contributed by atoms with E-state index in [0.717, 1.165) is 5.69 Å². The quantitative estimate of drug-likeness (QED) is 0.316. The Kier molecular flexibility index (Phi) is 9.29. The van der Waals surface area contributed by atoms with Crippen molar-refractivity contribution in [3.63, 3.8) is 0 Å². The van der Waals surface area contributed by atoms with E-state index in [1.807, 2.05) is 30.3 Å². The van der Waals surface area contributed by atoms with Crippen LogP contribution in [0.2, 0.25) is 0 Å². The number of nitrogens with one attached hydrogen (secondary N) is 3. The minimum absolute atomic E-state index is 0.184. The van der Waals surface area contributed by atoms with Crippen molar-refractivity contribution < 1.29 is 28.3 Å². The Morgan fingerprint density at radius 3 is 2.65 bits per heavy atom. The molecule has 5 nitrogen and oxygen atoms in total. The van der Waals surface area contributed by atoms with Crippen molar-refractivity contribution in [1.29, 1.82) is 0 Å². The molecule has 0 heterocycles. The normalized spacial score (nSPS) is 14.3. The van der Waals surface area contributed by atoms with E-state index in [4.69, 9.17) is 17.0 Å². The Bertz CT molecular complexity index is 633. The molecule has 1 aromatic rings. The molecule has 2 rings (SSSR count). The van der Waals surface area contributed by atoms with Crippen molar-refractivity contribution in [3.05, 3.63) is 66.1 Å². The Morgan fingerprint density at radius 1 is 1.30 bits per heavy atom. The Hall–Kier alpha value is -1.62. The number of ketones is 1. The van der Waals surface area contributed by atoms with Gasteiger partial charge in [0.25, 0.3) is 0 Å². The van der Waals surface area contributed by atoms with Gasteiger partial charge in [0.2, 0.25) is 5.78 Å². The van der Waals surface area contributed by atoms with Crippen molar-refractivity contribution in [1.82, 2.24) is 10.9 Å². The van der Waals surface area contributed by atoms with Gasteiger partial charge >= 0.3 is 28.2 Å². The molecule has 3 N–H and O–H groups in total. The van der Waals surface area contributed by atoms with E-state index in [0.29, 0.717) is 16.4 Å². The maximum atomic E-state index is 11.9. The Labute approximate surface area is 155 Å². The van der Waals surface area contributed by atoms with E-state index in [-0.39, 0.29) is 5.78 Å². The van der Waals surface area contributed by atoms with Gasteiger partial charge < -0.3 is 15.5 Å². The van der Waals surface area contributed by atoms with Gasteiger partial charge in [-0.3, -0.25) is 10.2 Å². The standard InChI is InChI=1S/C15H15N3O2S.ClH.Pt/c1-20-13-9-5-6-11(14(13)19)10-16-18-15(21)17-12-7-3-2-4-8-12;;/h2-10,16H,1H3,(H2,17,18,21);1H;/q;;+1/p-1/b11-10-;;. The van der Waals surface area contributed by atoms with E-state index in [2.05, 4.69) is 25.6 Å². The molecule has 0 radical (unpaired) electrons. The molecule has 0 aliphatic heterocycles. The molecule has 23 heavy (non-hydrogen) atoms. The van der Waals surface area contributed by atoms with Crippen molar-refractivity contribution in [2.75, 3.05) is 12.4 Å². The predicted molar refractivity (Wildman–Crippen MR) is 92.1 cm³/mol. The number of allylic oxidation sites excluding steroid dienone is 4. The third-order valence-electron chi connectivity index (χ3n) is 2.67. The second-order valence-corrected chi connectivity index (χ2v) is 4.52. The van der Waals surface area contributed by atoms with E-state index in [1.165, 1.54) is 13.3 Å². The summed E-state index contributed by atoms with van der Waals surface area (Å²) in [6.45, 7) is 0. The fraction of sp³-hybridized carbons (Fsp3) is 0.0667. The summed E-state index contributed by atoms with van der Waals surface area (Å²) >= 11 is 6.74. The average Bonchev–Trinajstić information content (AvgIpc) is 2.59. The van der Waals surface area contributed by atoms with Gasteiger partial charge in [0.05, 0.1) is 7.11 Å². The van der Waals surface area contributed by atoms with Gasteiger partial charge in [-0.2, -0.15) is 0 Å². The molecule has 0 unspecified atom stereocenters. The van der Waals surface area contributed by atoms with E-state index < -0.39 is 0 Å². The topological polar surface area (TPSA) is 62.4 Å². The number of hydrogen-bond donors (Lipinski definition) is 3. The molecule has 1 aliphatic carbocycles. The number of methoxy groups -OCH3 is 1. The zero-order chi connectivity index (χ0) is 17.1. The molecule has 0 atom stereocenters. The molecule has 1 aliphatic rings. The van der Waals surface area contributed by atoms with Crippen LogP contribution >= 0.6 is 21.6 Å². The van der Waals surface area contributed by atoms with Crippen molar-refractivity contribution in [3.8, 4) is 0 Å². The van der Waals surface area contributed by atoms with Crippen molar-refractivity contribution in [2.24, 2.45) is 0 Å². The number of thiocarbonyl (C=S) groups is 1. The SMILES string of the molecule is COC1=CC=C/C(=C/NNC(=S)Nc2ccccc2)C1=O.[Cl][Pt]. The van der Waals surface area contributed by atoms with Gasteiger partial charge in [-0.25, -0.2) is 0 Å². The second kappa shape index (κ2) is 11.0. The number of benzene rings is 1. The molecular formula is C15H15ClN3O2PtS. The molecule has 0 saturated carbocycles. The fourth-order valence-corrected chi connectivity index (χ4v) is 1.85. The number of rotatable bonds is 4. The number of Topliss-reactive ketones (excluding diaryl/α,β-unsaturated/α-hetero) is 1.